The van der Waals surface area contributed by atoms with Crippen molar-refractivity contribution in [3.63, 3.8) is 0 Å². The Labute approximate surface area is 110 Å². The Morgan fingerprint density at radius 2 is 2.06 bits per heavy atom. The van der Waals surface area contributed by atoms with Crippen molar-refractivity contribution in [3.05, 3.63) is 29.6 Å². The van der Waals surface area contributed by atoms with Gasteiger partial charge < -0.3 is 10.1 Å². The molecule has 0 fully saturated rings. The molecule has 0 saturated heterocycles. The molecule has 0 heterocycles. The lowest BCUT2D eigenvalue weighted by atomic mass is 9.96. The lowest BCUT2D eigenvalue weighted by Gasteiger charge is -2.21. The van der Waals surface area contributed by atoms with Crippen LogP contribution in [0.25, 0.3) is 0 Å². The Kier molecular flexibility index (Phi) is 6.13. The van der Waals surface area contributed by atoms with E-state index in [0.29, 0.717) is 17.7 Å². The van der Waals surface area contributed by atoms with E-state index in [9.17, 15) is 4.39 Å². The molecule has 0 radical (unpaired) electrons. The van der Waals surface area contributed by atoms with Gasteiger partial charge in [0, 0.05) is 12.1 Å². The van der Waals surface area contributed by atoms with Gasteiger partial charge in [-0.05, 0) is 36.9 Å². The molecule has 0 aliphatic rings. The molecular weight excluding hydrogens is 229 g/mol. The number of halogens is 1. The largest absolute Gasteiger partial charge is 0.497 e. The van der Waals surface area contributed by atoms with Crippen LogP contribution in [0.1, 0.15) is 32.8 Å². The summed E-state index contributed by atoms with van der Waals surface area (Å²) in [4.78, 5) is 0. The van der Waals surface area contributed by atoms with E-state index in [1.54, 1.807) is 7.11 Å². The normalized spacial score (nSPS) is 12.8. The monoisotopic (exact) mass is 253 g/mol. The Morgan fingerprint density at radius 3 is 2.56 bits per heavy atom. The predicted molar refractivity (Wildman–Crippen MR) is 73.6 cm³/mol. The van der Waals surface area contributed by atoms with Crippen molar-refractivity contribution in [1.29, 1.82) is 0 Å². The van der Waals surface area contributed by atoms with Crippen LogP contribution in [0.5, 0.6) is 5.75 Å². The number of hydrogen-bond donors (Lipinski definition) is 1. The molecule has 2 nitrogen and oxygen atoms in total. The third kappa shape index (κ3) is 4.30. The second kappa shape index (κ2) is 7.37. The van der Waals surface area contributed by atoms with E-state index in [0.717, 1.165) is 24.9 Å². The van der Waals surface area contributed by atoms with Crippen LogP contribution in [0, 0.1) is 11.7 Å². The van der Waals surface area contributed by atoms with Gasteiger partial charge in [-0.25, -0.2) is 4.39 Å². The van der Waals surface area contributed by atoms with E-state index in [-0.39, 0.29) is 5.82 Å². The molecule has 0 spiro atoms. The molecule has 0 saturated carbocycles. The maximum Gasteiger partial charge on any atom is 0.130 e. The topological polar surface area (TPSA) is 21.3 Å². The van der Waals surface area contributed by atoms with Gasteiger partial charge >= 0.3 is 0 Å². The van der Waals surface area contributed by atoms with E-state index >= 15 is 0 Å². The minimum absolute atomic E-state index is 0.173. The Morgan fingerprint density at radius 1 is 1.33 bits per heavy atom. The summed E-state index contributed by atoms with van der Waals surface area (Å²) in [6.45, 7) is 7.44. The van der Waals surface area contributed by atoms with Gasteiger partial charge in [-0.3, -0.25) is 0 Å². The number of benzene rings is 1. The molecule has 3 heteroatoms. The number of nitrogens with one attached hydrogen (secondary N) is 1. The van der Waals surface area contributed by atoms with Gasteiger partial charge in [0.05, 0.1) is 7.11 Å². The van der Waals surface area contributed by atoms with Gasteiger partial charge in [0.15, 0.2) is 0 Å². The van der Waals surface area contributed by atoms with Crippen LogP contribution in [-0.2, 0) is 6.42 Å². The van der Waals surface area contributed by atoms with Crippen molar-refractivity contribution in [2.45, 2.75) is 39.7 Å². The second-order valence-electron chi connectivity index (χ2n) is 4.90. The number of ether oxygens (including phenoxy) is 1. The summed E-state index contributed by atoms with van der Waals surface area (Å²) < 4.78 is 18.8. The van der Waals surface area contributed by atoms with Crippen molar-refractivity contribution < 1.29 is 9.13 Å². The van der Waals surface area contributed by atoms with Crippen molar-refractivity contribution in [2.24, 2.45) is 5.92 Å². The first-order valence-corrected chi connectivity index (χ1v) is 6.64. The molecule has 0 aliphatic heterocycles. The van der Waals surface area contributed by atoms with E-state index in [1.807, 2.05) is 12.1 Å². The second-order valence-corrected chi connectivity index (χ2v) is 4.90. The van der Waals surface area contributed by atoms with Crippen LogP contribution < -0.4 is 10.1 Å². The van der Waals surface area contributed by atoms with Gasteiger partial charge in [-0.2, -0.15) is 0 Å². The summed E-state index contributed by atoms with van der Waals surface area (Å²) in [5, 5.41) is 3.45. The molecule has 1 unspecified atom stereocenters. The Hall–Kier alpha value is -1.09. The molecule has 1 aromatic rings. The molecule has 0 aliphatic carbocycles. The molecule has 1 rings (SSSR count). The quantitative estimate of drug-likeness (QED) is 0.804. The van der Waals surface area contributed by atoms with Gasteiger partial charge in [-0.1, -0.05) is 26.8 Å². The van der Waals surface area contributed by atoms with Crippen molar-refractivity contribution in [1.82, 2.24) is 5.32 Å². The Bertz CT molecular complexity index is 366. The highest BCUT2D eigenvalue weighted by Crippen LogP contribution is 2.19. The maximum absolute atomic E-state index is 13.8. The van der Waals surface area contributed by atoms with Crippen molar-refractivity contribution in [2.75, 3.05) is 13.7 Å². The summed E-state index contributed by atoms with van der Waals surface area (Å²) in [5.74, 6) is 0.961. The highest BCUT2D eigenvalue weighted by Gasteiger charge is 2.13. The first-order valence-electron chi connectivity index (χ1n) is 6.64. The first-order chi connectivity index (χ1) is 8.58. The molecular formula is C15H24FNO. The fourth-order valence-corrected chi connectivity index (χ4v) is 2.10. The standard InChI is InChI=1S/C15H24FNO/c1-5-17-15(11(2)3)9-7-12-6-8-13(18-4)10-14(12)16/h6,8,10-11,15,17H,5,7,9H2,1-4H3. The number of rotatable bonds is 7. The lowest BCUT2D eigenvalue weighted by molar-refractivity contribution is 0.382. The summed E-state index contributed by atoms with van der Waals surface area (Å²) >= 11 is 0. The van der Waals surface area contributed by atoms with Crippen LogP contribution in [-0.4, -0.2) is 19.7 Å². The highest BCUT2D eigenvalue weighted by molar-refractivity contribution is 5.29. The first kappa shape index (κ1) is 15.0. The molecule has 0 aromatic heterocycles. The average molecular weight is 253 g/mol. The van der Waals surface area contributed by atoms with Gasteiger partial charge in [0.2, 0.25) is 0 Å². The van der Waals surface area contributed by atoms with Crippen LogP contribution >= 0.6 is 0 Å². The molecule has 1 aromatic carbocycles. The molecule has 18 heavy (non-hydrogen) atoms. The smallest absolute Gasteiger partial charge is 0.130 e. The molecule has 102 valence electrons. The molecule has 1 atom stereocenters. The van der Waals surface area contributed by atoms with E-state index in [2.05, 4.69) is 26.1 Å². The predicted octanol–water partition coefficient (Wildman–Crippen LogP) is 3.40. The minimum Gasteiger partial charge on any atom is -0.497 e. The van der Waals surface area contributed by atoms with Crippen molar-refractivity contribution in [3.8, 4) is 5.75 Å². The summed E-state index contributed by atoms with van der Waals surface area (Å²) in [6.07, 6.45) is 1.71. The number of aryl methyl sites for hydroxylation is 1. The Balaban J connectivity index is 2.61. The van der Waals surface area contributed by atoms with Crippen LogP contribution in [0.2, 0.25) is 0 Å². The number of hydrogen-bond acceptors (Lipinski definition) is 2. The fourth-order valence-electron chi connectivity index (χ4n) is 2.10. The van der Waals surface area contributed by atoms with Crippen LogP contribution in [0.15, 0.2) is 18.2 Å². The fraction of sp³-hybridized carbons (Fsp3) is 0.600. The van der Waals surface area contributed by atoms with E-state index in [4.69, 9.17) is 4.74 Å². The highest BCUT2D eigenvalue weighted by atomic mass is 19.1. The van der Waals surface area contributed by atoms with Crippen molar-refractivity contribution >= 4 is 0 Å². The summed E-state index contributed by atoms with van der Waals surface area (Å²) in [5.41, 5.74) is 0.763. The third-order valence-corrected chi connectivity index (χ3v) is 3.26. The van der Waals surface area contributed by atoms with Crippen LogP contribution in [0.3, 0.4) is 0 Å². The van der Waals surface area contributed by atoms with Crippen LogP contribution in [0.4, 0.5) is 4.39 Å². The maximum atomic E-state index is 13.8. The molecule has 0 bridgehead atoms. The minimum atomic E-state index is -0.173. The number of methoxy groups -OCH3 is 1. The van der Waals surface area contributed by atoms with Gasteiger partial charge in [0.25, 0.3) is 0 Å². The summed E-state index contributed by atoms with van der Waals surface area (Å²) in [6, 6.07) is 5.53. The van der Waals surface area contributed by atoms with E-state index in [1.165, 1.54) is 6.07 Å². The van der Waals surface area contributed by atoms with E-state index < -0.39 is 0 Å². The molecule has 1 N–H and O–H groups in total. The zero-order valence-corrected chi connectivity index (χ0v) is 11.8. The summed E-state index contributed by atoms with van der Waals surface area (Å²) in [7, 11) is 1.55. The lowest BCUT2D eigenvalue weighted by Crippen LogP contribution is -2.34. The zero-order valence-electron chi connectivity index (χ0n) is 11.8. The zero-order chi connectivity index (χ0) is 13.5. The molecule has 0 amide bonds. The SMILES string of the molecule is CCNC(CCc1ccc(OC)cc1F)C(C)C. The third-order valence-electron chi connectivity index (χ3n) is 3.26. The van der Waals surface area contributed by atoms with Gasteiger partial charge in [0.1, 0.15) is 11.6 Å². The average Bonchev–Trinajstić information content (AvgIpc) is 2.35. The van der Waals surface area contributed by atoms with Gasteiger partial charge in [-0.15, -0.1) is 0 Å².